The van der Waals surface area contributed by atoms with Crippen LogP contribution in [-0.4, -0.2) is 22.8 Å². The Morgan fingerprint density at radius 1 is 1.42 bits per heavy atom. The molecule has 0 spiro atoms. The number of hydrogen-bond acceptors (Lipinski definition) is 5. The number of ether oxygens (including phenoxy) is 1. The van der Waals surface area contributed by atoms with Crippen molar-refractivity contribution in [3.8, 4) is 17.0 Å². The molecule has 0 saturated carbocycles. The van der Waals surface area contributed by atoms with Gasteiger partial charge in [0.05, 0.1) is 6.61 Å². The van der Waals surface area contributed by atoms with E-state index in [2.05, 4.69) is 5.16 Å². The third kappa shape index (κ3) is 2.31. The number of rotatable bonds is 3. The summed E-state index contributed by atoms with van der Waals surface area (Å²) in [4.78, 5) is 11.9. The first-order valence-corrected chi connectivity index (χ1v) is 5.98. The number of aromatic nitrogens is 1. The van der Waals surface area contributed by atoms with Gasteiger partial charge in [0.1, 0.15) is 22.8 Å². The average Bonchev–Trinajstić information content (AvgIpc) is 2.71. The van der Waals surface area contributed by atoms with Crippen LogP contribution in [0.2, 0.25) is 0 Å². The highest BCUT2D eigenvalue weighted by Gasteiger charge is 2.25. The number of phenolic OH excluding ortho intramolecular Hbond substituents is 1. The minimum Gasteiger partial charge on any atom is -0.507 e. The quantitative estimate of drug-likeness (QED) is 0.860. The van der Waals surface area contributed by atoms with Crippen LogP contribution in [0.3, 0.4) is 0 Å². The molecule has 2 rings (SSSR count). The van der Waals surface area contributed by atoms with Crippen LogP contribution in [0.15, 0.2) is 22.7 Å². The Kier molecular flexibility index (Phi) is 3.55. The highest BCUT2D eigenvalue weighted by Crippen LogP contribution is 2.35. The zero-order chi connectivity index (χ0) is 14.0. The first-order chi connectivity index (χ1) is 9.06. The molecule has 0 unspecified atom stereocenters. The molecule has 0 fully saturated rings. The van der Waals surface area contributed by atoms with E-state index in [1.165, 1.54) is 0 Å². The van der Waals surface area contributed by atoms with Crippen LogP contribution in [0.4, 0.5) is 0 Å². The van der Waals surface area contributed by atoms with E-state index < -0.39 is 5.97 Å². The fraction of sp³-hybridized carbons (Fsp3) is 0.286. The van der Waals surface area contributed by atoms with Gasteiger partial charge in [0.25, 0.3) is 0 Å². The fourth-order valence-electron chi connectivity index (χ4n) is 1.95. The highest BCUT2D eigenvalue weighted by atomic mass is 16.5. The third-order valence-corrected chi connectivity index (χ3v) is 2.83. The Morgan fingerprint density at radius 2 is 2.16 bits per heavy atom. The van der Waals surface area contributed by atoms with Crippen LogP contribution < -0.4 is 0 Å². The standard InChI is InChI=1S/C14H15NO4/c1-4-18-14(17)12-9(3)19-15-13(12)11-8(2)6-5-7-10(11)16/h5-7,16H,4H2,1-3H3. The van der Waals surface area contributed by atoms with Gasteiger partial charge >= 0.3 is 5.97 Å². The van der Waals surface area contributed by atoms with Crippen molar-refractivity contribution in [3.63, 3.8) is 0 Å². The molecule has 0 bridgehead atoms. The number of carbonyl (C=O) groups is 1. The maximum absolute atomic E-state index is 11.9. The Balaban J connectivity index is 2.61. The van der Waals surface area contributed by atoms with Gasteiger partial charge < -0.3 is 14.4 Å². The molecule has 5 heteroatoms. The van der Waals surface area contributed by atoms with E-state index in [4.69, 9.17) is 9.26 Å². The molecule has 1 N–H and O–H groups in total. The van der Waals surface area contributed by atoms with Gasteiger partial charge in [0.2, 0.25) is 0 Å². The molecular weight excluding hydrogens is 246 g/mol. The van der Waals surface area contributed by atoms with E-state index in [0.717, 1.165) is 5.56 Å². The summed E-state index contributed by atoms with van der Waals surface area (Å²) >= 11 is 0. The van der Waals surface area contributed by atoms with Crippen molar-refractivity contribution in [2.75, 3.05) is 6.61 Å². The first kappa shape index (κ1) is 13.1. The monoisotopic (exact) mass is 261 g/mol. The minimum atomic E-state index is -0.501. The average molecular weight is 261 g/mol. The van der Waals surface area contributed by atoms with Crippen molar-refractivity contribution in [2.45, 2.75) is 20.8 Å². The van der Waals surface area contributed by atoms with Crippen molar-refractivity contribution in [1.29, 1.82) is 0 Å². The summed E-state index contributed by atoms with van der Waals surface area (Å²) in [6.07, 6.45) is 0. The zero-order valence-electron chi connectivity index (χ0n) is 11.1. The lowest BCUT2D eigenvalue weighted by Crippen LogP contribution is -2.07. The van der Waals surface area contributed by atoms with Gasteiger partial charge in [-0.15, -0.1) is 0 Å². The van der Waals surface area contributed by atoms with E-state index in [9.17, 15) is 9.90 Å². The number of esters is 1. The molecule has 0 atom stereocenters. The van der Waals surface area contributed by atoms with Crippen LogP contribution in [0.25, 0.3) is 11.3 Å². The van der Waals surface area contributed by atoms with Crippen molar-refractivity contribution < 1.29 is 19.2 Å². The number of phenols is 1. The predicted molar refractivity (Wildman–Crippen MR) is 69.0 cm³/mol. The van der Waals surface area contributed by atoms with Crippen LogP contribution in [-0.2, 0) is 4.74 Å². The fourth-order valence-corrected chi connectivity index (χ4v) is 1.95. The summed E-state index contributed by atoms with van der Waals surface area (Å²) in [6, 6.07) is 5.10. The van der Waals surface area contributed by atoms with Crippen molar-refractivity contribution in [2.24, 2.45) is 0 Å². The molecule has 5 nitrogen and oxygen atoms in total. The largest absolute Gasteiger partial charge is 0.507 e. The molecule has 1 aromatic carbocycles. The van der Waals surface area contributed by atoms with Gasteiger partial charge in [-0.1, -0.05) is 17.3 Å². The van der Waals surface area contributed by atoms with Crippen molar-refractivity contribution >= 4 is 5.97 Å². The lowest BCUT2D eigenvalue weighted by molar-refractivity contribution is 0.0525. The van der Waals surface area contributed by atoms with Gasteiger partial charge in [-0.05, 0) is 32.4 Å². The summed E-state index contributed by atoms with van der Waals surface area (Å²) in [7, 11) is 0. The molecular formula is C14H15NO4. The van der Waals surface area contributed by atoms with Gasteiger partial charge in [-0.25, -0.2) is 4.79 Å². The van der Waals surface area contributed by atoms with E-state index >= 15 is 0 Å². The predicted octanol–water partition coefficient (Wildman–Crippen LogP) is 2.84. The molecule has 100 valence electrons. The summed E-state index contributed by atoms with van der Waals surface area (Å²) in [5, 5.41) is 13.8. The van der Waals surface area contributed by atoms with Crippen molar-refractivity contribution in [1.82, 2.24) is 5.16 Å². The first-order valence-electron chi connectivity index (χ1n) is 5.98. The molecule has 1 heterocycles. The van der Waals surface area contributed by atoms with Crippen LogP contribution in [0.1, 0.15) is 28.6 Å². The number of aromatic hydroxyl groups is 1. The second kappa shape index (κ2) is 5.14. The number of aryl methyl sites for hydroxylation is 2. The SMILES string of the molecule is CCOC(=O)c1c(-c2c(C)cccc2O)noc1C. The van der Waals surface area contributed by atoms with Gasteiger partial charge in [0, 0.05) is 5.56 Å². The second-order valence-electron chi connectivity index (χ2n) is 4.15. The van der Waals surface area contributed by atoms with Gasteiger partial charge in [-0.3, -0.25) is 0 Å². The Hall–Kier alpha value is -2.30. The summed E-state index contributed by atoms with van der Waals surface area (Å²) in [5.41, 5.74) is 1.86. The van der Waals surface area contributed by atoms with Crippen molar-refractivity contribution in [3.05, 3.63) is 35.1 Å². The lowest BCUT2D eigenvalue weighted by atomic mass is 10.0. The molecule has 19 heavy (non-hydrogen) atoms. The summed E-state index contributed by atoms with van der Waals surface area (Å²) < 4.78 is 10.1. The maximum atomic E-state index is 11.9. The molecule has 2 aromatic rings. The highest BCUT2D eigenvalue weighted by molar-refractivity contribution is 5.98. The van der Waals surface area contributed by atoms with Crippen LogP contribution >= 0.6 is 0 Å². The van der Waals surface area contributed by atoms with Crippen LogP contribution in [0, 0.1) is 13.8 Å². The molecule has 0 saturated heterocycles. The van der Waals surface area contributed by atoms with E-state index in [1.54, 1.807) is 26.0 Å². The smallest absolute Gasteiger partial charge is 0.344 e. The Labute approximate surface area is 110 Å². The number of benzene rings is 1. The van der Waals surface area contributed by atoms with E-state index in [1.807, 2.05) is 13.0 Å². The number of nitrogens with zero attached hydrogens (tertiary/aromatic N) is 1. The summed E-state index contributed by atoms with van der Waals surface area (Å²) in [6.45, 7) is 5.46. The zero-order valence-corrected chi connectivity index (χ0v) is 11.1. The molecule has 0 aliphatic heterocycles. The maximum Gasteiger partial charge on any atom is 0.344 e. The van der Waals surface area contributed by atoms with Gasteiger partial charge in [-0.2, -0.15) is 0 Å². The summed E-state index contributed by atoms with van der Waals surface area (Å²) in [5.74, 6) is -0.0751. The number of hydrogen-bond donors (Lipinski definition) is 1. The lowest BCUT2D eigenvalue weighted by Gasteiger charge is -2.07. The molecule has 0 amide bonds. The minimum absolute atomic E-state index is 0.0545. The molecule has 1 aromatic heterocycles. The number of carbonyl (C=O) groups excluding carboxylic acids is 1. The second-order valence-corrected chi connectivity index (χ2v) is 4.15. The van der Waals surface area contributed by atoms with E-state index in [0.29, 0.717) is 17.0 Å². The van der Waals surface area contributed by atoms with Gasteiger partial charge in [0.15, 0.2) is 0 Å². The topological polar surface area (TPSA) is 72.6 Å². The molecule has 0 aliphatic carbocycles. The molecule has 0 radical (unpaired) electrons. The third-order valence-electron chi connectivity index (χ3n) is 2.83. The van der Waals surface area contributed by atoms with E-state index in [-0.39, 0.29) is 17.9 Å². The molecule has 0 aliphatic rings. The Bertz CT molecular complexity index is 596. The normalized spacial score (nSPS) is 10.5. The Morgan fingerprint density at radius 3 is 2.79 bits per heavy atom. The van der Waals surface area contributed by atoms with Crippen LogP contribution in [0.5, 0.6) is 5.75 Å².